The summed E-state index contributed by atoms with van der Waals surface area (Å²) in [5.74, 6) is 1.03. The van der Waals surface area contributed by atoms with E-state index in [-0.39, 0.29) is 18.1 Å². The number of amides is 1. The Morgan fingerprint density at radius 3 is 2.40 bits per heavy atom. The van der Waals surface area contributed by atoms with Gasteiger partial charge in [-0.3, -0.25) is 9.59 Å². The summed E-state index contributed by atoms with van der Waals surface area (Å²) < 4.78 is 10.3. The fourth-order valence-electron chi connectivity index (χ4n) is 1.86. The predicted molar refractivity (Wildman–Crippen MR) is 76.2 cm³/mol. The zero-order valence-electron chi connectivity index (χ0n) is 12.4. The van der Waals surface area contributed by atoms with Crippen molar-refractivity contribution in [3.63, 3.8) is 0 Å². The van der Waals surface area contributed by atoms with Gasteiger partial charge in [-0.05, 0) is 24.6 Å². The molecule has 20 heavy (non-hydrogen) atoms. The van der Waals surface area contributed by atoms with Gasteiger partial charge in [-0.15, -0.1) is 0 Å². The van der Waals surface area contributed by atoms with Crippen LogP contribution in [0.5, 0.6) is 11.5 Å². The van der Waals surface area contributed by atoms with Crippen LogP contribution in [0.2, 0.25) is 0 Å². The second-order valence-corrected chi connectivity index (χ2v) is 4.48. The number of methoxy groups -OCH3 is 2. The lowest BCUT2D eigenvalue weighted by Gasteiger charge is -2.13. The third-order valence-electron chi connectivity index (χ3n) is 3.02. The Bertz CT molecular complexity index is 485. The van der Waals surface area contributed by atoms with Gasteiger partial charge in [0.15, 0.2) is 17.3 Å². The van der Waals surface area contributed by atoms with Gasteiger partial charge >= 0.3 is 0 Å². The molecule has 0 aliphatic rings. The minimum absolute atomic E-state index is 0.0191. The number of nitrogens with one attached hydrogen (secondary N) is 1. The molecule has 1 unspecified atom stereocenters. The summed E-state index contributed by atoms with van der Waals surface area (Å²) in [6.07, 6.45) is 0.611. The molecule has 1 amide bonds. The number of Topliss-reactive ketones (excluding diaryl/α,β-unsaturated/α-hetero) is 1. The van der Waals surface area contributed by atoms with Crippen molar-refractivity contribution in [2.45, 2.75) is 32.7 Å². The average Bonchev–Trinajstić information content (AvgIpc) is 2.45. The van der Waals surface area contributed by atoms with Crippen LogP contribution in [-0.2, 0) is 16.0 Å². The minimum atomic E-state index is -0.451. The van der Waals surface area contributed by atoms with Crippen molar-refractivity contribution in [1.82, 2.24) is 5.32 Å². The third kappa shape index (κ3) is 4.26. The summed E-state index contributed by atoms with van der Waals surface area (Å²) in [5.41, 5.74) is 0.802. The molecular formula is C15H21NO4. The molecule has 0 radical (unpaired) electrons. The van der Waals surface area contributed by atoms with Crippen LogP contribution in [0.15, 0.2) is 18.2 Å². The van der Waals surface area contributed by atoms with Crippen molar-refractivity contribution in [3.8, 4) is 11.5 Å². The van der Waals surface area contributed by atoms with Crippen LogP contribution in [-0.4, -0.2) is 32.0 Å². The fraction of sp³-hybridized carbons (Fsp3) is 0.467. The first kappa shape index (κ1) is 16.0. The molecule has 110 valence electrons. The highest BCUT2D eigenvalue weighted by Crippen LogP contribution is 2.27. The standard InChI is InChI=1S/C15H21NO4/c1-5-12(17)10(2)16-15(18)9-11-6-7-13(19-3)14(8-11)20-4/h6-8,10H,5,9H2,1-4H3,(H,16,18). The van der Waals surface area contributed by atoms with Crippen LogP contribution in [0.3, 0.4) is 0 Å². The number of hydrogen-bond donors (Lipinski definition) is 1. The van der Waals surface area contributed by atoms with Gasteiger partial charge in [0.2, 0.25) is 5.91 Å². The quantitative estimate of drug-likeness (QED) is 0.825. The first-order valence-corrected chi connectivity index (χ1v) is 6.54. The van der Waals surface area contributed by atoms with E-state index in [1.165, 1.54) is 0 Å². The first-order valence-electron chi connectivity index (χ1n) is 6.54. The molecule has 1 atom stereocenters. The van der Waals surface area contributed by atoms with Crippen molar-refractivity contribution in [2.24, 2.45) is 0 Å². The van der Waals surface area contributed by atoms with Crippen molar-refractivity contribution in [3.05, 3.63) is 23.8 Å². The van der Waals surface area contributed by atoms with E-state index in [1.807, 2.05) is 0 Å². The molecule has 5 nitrogen and oxygen atoms in total. The maximum atomic E-state index is 11.9. The normalized spacial score (nSPS) is 11.6. The smallest absolute Gasteiger partial charge is 0.224 e. The Balaban J connectivity index is 2.69. The summed E-state index contributed by atoms with van der Waals surface area (Å²) >= 11 is 0. The summed E-state index contributed by atoms with van der Waals surface area (Å²) in [6.45, 7) is 3.47. The molecule has 0 spiro atoms. The number of hydrogen-bond acceptors (Lipinski definition) is 4. The lowest BCUT2D eigenvalue weighted by Crippen LogP contribution is -2.39. The van der Waals surface area contributed by atoms with Crippen LogP contribution in [0.1, 0.15) is 25.8 Å². The molecule has 0 heterocycles. The summed E-state index contributed by atoms with van der Waals surface area (Å²) in [6, 6.07) is 4.85. The Morgan fingerprint density at radius 2 is 1.85 bits per heavy atom. The largest absolute Gasteiger partial charge is 0.493 e. The number of benzene rings is 1. The van der Waals surface area contributed by atoms with Crippen LogP contribution in [0.25, 0.3) is 0 Å². The van der Waals surface area contributed by atoms with E-state index in [9.17, 15) is 9.59 Å². The van der Waals surface area contributed by atoms with E-state index in [4.69, 9.17) is 9.47 Å². The minimum Gasteiger partial charge on any atom is -0.493 e. The zero-order valence-corrected chi connectivity index (χ0v) is 12.4. The SMILES string of the molecule is CCC(=O)C(C)NC(=O)Cc1ccc(OC)c(OC)c1. The number of ketones is 1. The Labute approximate surface area is 119 Å². The molecule has 0 fully saturated rings. The molecule has 1 aromatic carbocycles. The Kier molecular flexibility index (Phi) is 6.03. The summed E-state index contributed by atoms with van der Waals surface area (Å²) in [7, 11) is 3.10. The van der Waals surface area contributed by atoms with E-state index in [0.29, 0.717) is 17.9 Å². The number of carbonyl (C=O) groups is 2. The molecule has 0 bridgehead atoms. The Hall–Kier alpha value is -2.04. The molecule has 1 rings (SSSR count). The molecule has 0 aliphatic carbocycles. The van der Waals surface area contributed by atoms with Crippen molar-refractivity contribution < 1.29 is 19.1 Å². The second-order valence-electron chi connectivity index (χ2n) is 4.48. The van der Waals surface area contributed by atoms with Gasteiger partial charge in [0.1, 0.15) is 0 Å². The van der Waals surface area contributed by atoms with Crippen LogP contribution in [0, 0.1) is 0 Å². The third-order valence-corrected chi connectivity index (χ3v) is 3.02. The monoisotopic (exact) mass is 279 g/mol. The fourth-order valence-corrected chi connectivity index (χ4v) is 1.86. The highest BCUT2D eigenvalue weighted by Gasteiger charge is 2.14. The van der Waals surface area contributed by atoms with E-state index >= 15 is 0 Å². The zero-order chi connectivity index (χ0) is 15.1. The van der Waals surface area contributed by atoms with Crippen molar-refractivity contribution in [2.75, 3.05) is 14.2 Å². The molecule has 5 heteroatoms. The van der Waals surface area contributed by atoms with Gasteiger partial charge in [0, 0.05) is 6.42 Å². The predicted octanol–water partition coefficient (Wildman–Crippen LogP) is 1.73. The first-order chi connectivity index (χ1) is 9.51. The van der Waals surface area contributed by atoms with Crippen LogP contribution in [0.4, 0.5) is 0 Å². The van der Waals surface area contributed by atoms with Crippen LogP contribution < -0.4 is 14.8 Å². The lowest BCUT2D eigenvalue weighted by atomic mass is 10.1. The van der Waals surface area contributed by atoms with Crippen LogP contribution >= 0.6 is 0 Å². The summed E-state index contributed by atoms with van der Waals surface area (Å²) in [4.78, 5) is 23.3. The molecule has 0 aliphatic heterocycles. The van der Waals surface area contributed by atoms with Gasteiger partial charge in [-0.25, -0.2) is 0 Å². The second kappa shape index (κ2) is 7.53. The van der Waals surface area contributed by atoms with E-state index in [1.54, 1.807) is 46.3 Å². The Morgan fingerprint density at radius 1 is 1.20 bits per heavy atom. The topological polar surface area (TPSA) is 64.6 Å². The van der Waals surface area contributed by atoms with Gasteiger partial charge < -0.3 is 14.8 Å². The molecule has 1 N–H and O–H groups in total. The molecule has 0 saturated carbocycles. The highest BCUT2D eigenvalue weighted by atomic mass is 16.5. The average molecular weight is 279 g/mol. The van der Waals surface area contributed by atoms with Gasteiger partial charge in [-0.2, -0.15) is 0 Å². The van der Waals surface area contributed by atoms with E-state index in [2.05, 4.69) is 5.32 Å². The molecule has 0 aromatic heterocycles. The number of carbonyl (C=O) groups excluding carboxylic acids is 2. The van der Waals surface area contributed by atoms with Gasteiger partial charge in [0.05, 0.1) is 26.7 Å². The maximum absolute atomic E-state index is 11.9. The molecule has 1 aromatic rings. The molecule has 0 saturated heterocycles. The number of ether oxygens (including phenoxy) is 2. The van der Waals surface area contributed by atoms with Crippen molar-refractivity contribution >= 4 is 11.7 Å². The lowest BCUT2D eigenvalue weighted by molar-refractivity contribution is -0.126. The highest BCUT2D eigenvalue weighted by molar-refractivity contribution is 5.89. The number of rotatable bonds is 7. The van der Waals surface area contributed by atoms with E-state index in [0.717, 1.165) is 5.56 Å². The summed E-state index contributed by atoms with van der Waals surface area (Å²) in [5, 5.41) is 2.68. The maximum Gasteiger partial charge on any atom is 0.224 e. The van der Waals surface area contributed by atoms with Crippen molar-refractivity contribution in [1.29, 1.82) is 0 Å². The van der Waals surface area contributed by atoms with Gasteiger partial charge in [-0.1, -0.05) is 13.0 Å². The molecular weight excluding hydrogens is 258 g/mol. The van der Waals surface area contributed by atoms with E-state index < -0.39 is 6.04 Å². The van der Waals surface area contributed by atoms with Gasteiger partial charge in [0.25, 0.3) is 0 Å².